The standard InChI is InChI=1S/C39H40F5N9O2/c40-37(41)30-18-32-26(17-33(30)48-38(55)31-2-1-3-35(47-31)39(42,43)44)22-53(49-32)27-6-4-24(5-7-27)21-50-12-14-51(15-13-50)28-8-9-29-25(16-28)19-45-20-34(29)52-11-10-36(54)46-23-52/h1-3,8-9,16-20,22,24,27,37H,4-7,10-15,21,23H2,(H,46,54)(H,48,55). The molecule has 0 spiro atoms. The molecule has 1 saturated carbocycles. The van der Waals surface area contributed by atoms with E-state index in [4.69, 9.17) is 0 Å². The van der Waals surface area contributed by atoms with Crippen molar-refractivity contribution in [2.75, 3.05) is 61.1 Å². The molecule has 2 aromatic carbocycles. The highest BCUT2D eigenvalue weighted by molar-refractivity contribution is 6.04. The SMILES string of the molecule is O=C1CCN(c2cncc3cc(N4CCN(CC5CCC(n6cc7cc(NC(=O)c8cccc(C(F)(F)F)n8)c(C(F)F)cc7n6)CC5)CC4)ccc23)CN1. The molecule has 11 nitrogen and oxygen atoms in total. The van der Waals surface area contributed by atoms with E-state index in [0.29, 0.717) is 36.5 Å². The fourth-order valence-corrected chi connectivity index (χ4v) is 8.02. The Morgan fingerprint density at radius 2 is 1.73 bits per heavy atom. The molecule has 0 radical (unpaired) electrons. The number of anilines is 3. The third-order valence-corrected chi connectivity index (χ3v) is 11.0. The highest BCUT2D eigenvalue weighted by Gasteiger charge is 2.33. The van der Waals surface area contributed by atoms with Crippen LogP contribution < -0.4 is 20.4 Å². The molecular weight excluding hydrogens is 721 g/mol. The van der Waals surface area contributed by atoms with Gasteiger partial charge in [-0.2, -0.15) is 18.3 Å². The first-order valence-electron chi connectivity index (χ1n) is 18.5. The van der Waals surface area contributed by atoms with Crippen molar-refractivity contribution in [1.82, 2.24) is 30.0 Å². The number of nitrogens with one attached hydrogen (secondary N) is 2. The number of alkyl halides is 5. The number of hydrogen-bond donors (Lipinski definition) is 2. The number of hydrogen-bond acceptors (Lipinski definition) is 8. The monoisotopic (exact) mass is 761 g/mol. The average Bonchev–Trinajstić information content (AvgIpc) is 3.61. The summed E-state index contributed by atoms with van der Waals surface area (Å²) in [6, 6.07) is 12.1. The fraction of sp³-hybridized carbons (Fsp3) is 0.410. The molecule has 3 fully saturated rings. The highest BCUT2D eigenvalue weighted by Crippen LogP contribution is 2.37. The number of fused-ring (bicyclic) bond motifs is 2. The van der Waals surface area contributed by atoms with Crippen molar-refractivity contribution in [1.29, 1.82) is 0 Å². The minimum Gasteiger partial charge on any atom is -0.369 e. The lowest BCUT2D eigenvalue weighted by Gasteiger charge is -2.39. The molecule has 0 atom stereocenters. The summed E-state index contributed by atoms with van der Waals surface area (Å²) in [5, 5.41) is 12.6. The van der Waals surface area contributed by atoms with Crippen LogP contribution in [0.2, 0.25) is 0 Å². The number of carbonyl (C=O) groups excluding carboxylic acids is 2. The number of pyridine rings is 2. The van der Waals surface area contributed by atoms with E-state index in [1.165, 1.54) is 17.8 Å². The lowest BCUT2D eigenvalue weighted by atomic mass is 9.85. The molecule has 55 heavy (non-hydrogen) atoms. The van der Waals surface area contributed by atoms with Crippen LogP contribution in [0.4, 0.5) is 39.0 Å². The van der Waals surface area contributed by atoms with Gasteiger partial charge in [0.05, 0.1) is 35.8 Å². The predicted molar refractivity (Wildman–Crippen MR) is 198 cm³/mol. The molecule has 0 unspecified atom stereocenters. The zero-order valence-electron chi connectivity index (χ0n) is 29.9. The maximum Gasteiger partial charge on any atom is 0.433 e. The number of piperazine rings is 1. The van der Waals surface area contributed by atoms with Crippen LogP contribution in [0.5, 0.6) is 0 Å². The molecule has 2 aliphatic heterocycles. The van der Waals surface area contributed by atoms with Crippen LogP contribution >= 0.6 is 0 Å². The molecule has 3 aromatic heterocycles. The van der Waals surface area contributed by atoms with Gasteiger partial charge in [0.25, 0.3) is 12.3 Å². The lowest BCUT2D eigenvalue weighted by Crippen LogP contribution is -2.48. The lowest BCUT2D eigenvalue weighted by molar-refractivity contribution is -0.141. The number of nitrogens with zero attached hydrogens (tertiary/aromatic N) is 7. The molecule has 2 amide bonds. The zero-order chi connectivity index (χ0) is 38.3. The van der Waals surface area contributed by atoms with Gasteiger partial charge in [0.1, 0.15) is 11.4 Å². The van der Waals surface area contributed by atoms with Gasteiger partial charge in [0, 0.05) is 85.5 Å². The Hall–Kier alpha value is -5.38. The Morgan fingerprint density at radius 3 is 2.45 bits per heavy atom. The van der Waals surface area contributed by atoms with Crippen LogP contribution in [0, 0.1) is 5.92 Å². The van der Waals surface area contributed by atoms with Crippen LogP contribution in [0.1, 0.15) is 66.3 Å². The smallest absolute Gasteiger partial charge is 0.369 e. The van der Waals surface area contributed by atoms with E-state index >= 15 is 0 Å². The molecule has 1 aliphatic carbocycles. The van der Waals surface area contributed by atoms with E-state index < -0.39 is 35.5 Å². The van der Waals surface area contributed by atoms with E-state index in [1.807, 2.05) is 17.1 Å². The van der Waals surface area contributed by atoms with Gasteiger partial charge in [-0.15, -0.1) is 0 Å². The third kappa shape index (κ3) is 7.90. The van der Waals surface area contributed by atoms with E-state index in [-0.39, 0.29) is 17.6 Å². The van der Waals surface area contributed by atoms with Gasteiger partial charge in [-0.05, 0) is 68.0 Å². The number of amides is 2. The first-order valence-corrected chi connectivity index (χ1v) is 18.5. The summed E-state index contributed by atoms with van der Waals surface area (Å²) in [6.07, 6.45) is 2.10. The molecule has 2 saturated heterocycles. The largest absolute Gasteiger partial charge is 0.433 e. The first kappa shape index (κ1) is 36.6. The summed E-state index contributed by atoms with van der Waals surface area (Å²) in [5.74, 6) is -0.415. The number of rotatable bonds is 8. The normalized spacial score (nSPS) is 20.0. The second-order valence-electron chi connectivity index (χ2n) is 14.6. The number of halogens is 5. The van der Waals surface area contributed by atoms with Crippen molar-refractivity contribution in [3.05, 3.63) is 84.1 Å². The van der Waals surface area contributed by atoms with Gasteiger partial charge < -0.3 is 20.4 Å². The molecule has 0 bridgehead atoms. The van der Waals surface area contributed by atoms with Crippen molar-refractivity contribution < 1.29 is 31.5 Å². The molecule has 288 valence electrons. The second kappa shape index (κ2) is 15.0. The molecule has 5 aromatic rings. The van der Waals surface area contributed by atoms with E-state index in [0.717, 1.165) is 93.1 Å². The summed E-state index contributed by atoms with van der Waals surface area (Å²) in [4.78, 5) is 39.4. The summed E-state index contributed by atoms with van der Waals surface area (Å²) in [5.41, 5.74) is 0.0949. The highest BCUT2D eigenvalue weighted by atomic mass is 19.4. The summed E-state index contributed by atoms with van der Waals surface area (Å²) in [6.45, 7) is 5.93. The zero-order valence-corrected chi connectivity index (χ0v) is 29.9. The van der Waals surface area contributed by atoms with Gasteiger partial charge in [0.2, 0.25) is 5.91 Å². The Bertz CT molecular complexity index is 2200. The van der Waals surface area contributed by atoms with Crippen LogP contribution in [0.3, 0.4) is 0 Å². The maximum absolute atomic E-state index is 14.1. The Balaban J connectivity index is 0.857. The second-order valence-corrected chi connectivity index (χ2v) is 14.6. The molecular formula is C39H40F5N9O2. The van der Waals surface area contributed by atoms with Gasteiger partial charge >= 0.3 is 6.18 Å². The van der Waals surface area contributed by atoms with Crippen LogP contribution in [-0.2, 0) is 11.0 Å². The van der Waals surface area contributed by atoms with Crippen molar-refractivity contribution in [3.8, 4) is 0 Å². The summed E-state index contributed by atoms with van der Waals surface area (Å²) < 4.78 is 69.4. The molecule has 8 rings (SSSR count). The first-order chi connectivity index (χ1) is 26.5. The van der Waals surface area contributed by atoms with Crippen molar-refractivity contribution in [2.24, 2.45) is 5.92 Å². The Labute approximate surface area is 313 Å². The minimum absolute atomic E-state index is 0.0703. The van der Waals surface area contributed by atoms with Gasteiger partial charge in [-0.1, -0.05) is 12.1 Å². The minimum atomic E-state index is -4.76. The fourth-order valence-electron chi connectivity index (χ4n) is 8.02. The van der Waals surface area contributed by atoms with Crippen molar-refractivity contribution in [3.63, 3.8) is 0 Å². The van der Waals surface area contributed by atoms with E-state index in [2.05, 4.69) is 58.6 Å². The third-order valence-electron chi connectivity index (χ3n) is 11.0. The topological polar surface area (TPSA) is 112 Å². The van der Waals surface area contributed by atoms with Gasteiger partial charge in [-0.25, -0.2) is 13.8 Å². The average molecular weight is 762 g/mol. The van der Waals surface area contributed by atoms with E-state index in [9.17, 15) is 31.5 Å². The molecule has 5 heterocycles. The number of carbonyl (C=O) groups is 2. The van der Waals surface area contributed by atoms with Crippen LogP contribution in [0.15, 0.2) is 67.1 Å². The Morgan fingerprint density at radius 1 is 0.927 bits per heavy atom. The van der Waals surface area contributed by atoms with Crippen molar-refractivity contribution >= 4 is 50.6 Å². The van der Waals surface area contributed by atoms with Crippen LogP contribution in [-0.4, -0.2) is 82.4 Å². The quantitative estimate of drug-likeness (QED) is 0.162. The van der Waals surface area contributed by atoms with Crippen LogP contribution in [0.25, 0.3) is 21.7 Å². The maximum atomic E-state index is 14.1. The summed E-state index contributed by atoms with van der Waals surface area (Å²) in [7, 11) is 0. The van der Waals surface area contributed by atoms with Crippen molar-refractivity contribution in [2.45, 2.75) is 50.7 Å². The Kier molecular flexibility index (Phi) is 10.0. The van der Waals surface area contributed by atoms with Gasteiger partial charge in [-0.3, -0.25) is 24.2 Å². The number of aromatic nitrogens is 4. The summed E-state index contributed by atoms with van der Waals surface area (Å²) >= 11 is 0. The van der Waals surface area contributed by atoms with Gasteiger partial charge in [0.15, 0.2) is 0 Å². The molecule has 16 heteroatoms. The molecule has 3 aliphatic rings. The number of benzene rings is 2. The predicted octanol–water partition coefficient (Wildman–Crippen LogP) is 7.03. The van der Waals surface area contributed by atoms with E-state index in [1.54, 1.807) is 6.20 Å². The molecule has 2 N–H and O–H groups in total.